The largest absolute Gasteiger partial charge is 0.494 e. The van der Waals surface area contributed by atoms with Crippen LogP contribution < -0.4 is 10.1 Å². The topological polar surface area (TPSA) is 56.2 Å². The highest BCUT2D eigenvalue weighted by Gasteiger charge is 2.13. The Balaban J connectivity index is 1.43. The molecule has 3 aromatic carbocycles. The lowest BCUT2D eigenvalue weighted by Gasteiger charge is -2.12. The van der Waals surface area contributed by atoms with Crippen LogP contribution in [0, 0.1) is 27.7 Å². The summed E-state index contributed by atoms with van der Waals surface area (Å²) in [7, 11) is 0. The van der Waals surface area contributed by atoms with Crippen LogP contribution in [0.1, 0.15) is 44.9 Å². The molecule has 1 aromatic heterocycles. The number of aromatic nitrogens is 2. The molecule has 33 heavy (non-hydrogen) atoms. The summed E-state index contributed by atoms with van der Waals surface area (Å²) >= 11 is 0. The van der Waals surface area contributed by atoms with Gasteiger partial charge in [0.1, 0.15) is 11.6 Å². The molecule has 0 aliphatic rings. The molecule has 0 spiro atoms. The number of para-hydroxylation sites is 2. The first kappa shape index (κ1) is 22.6. The molecule has 170 valence electrons. The number of hydrogen-bond donors (Lipinski definition) is 1. The van der Waals surface area contributed by atoms with E-state index >= 15 is 0 Å². The third-order valence-corrected chi connectivity index (χ3v) is 6.04. The number of rotatable bonds is 8. The van der Waals surface area contributed by atoms with Crippen LogP contribution in [-0.4, -0.2) is 22.1 Å². The highest BCUT2D eigenvalue weighted by molar-refractivity contribution is 5.95. The van der Waals surface area contributed by atoms with E-state index in [0.29, 0.717) is 18.7 Å². The average molecular weight is 442 g/mol. The molecule has 0 saturated heterocycles. The molecule has 0 unspecified atom stereocenters. The van der Waals surface area contributed by atoms with Crippen LogP contribution in [0.15, 0.2) is 60.7 Å². The van der Waals surface area contributed by atoms with Crippen molar-refractivity contribution < 1.29 is 9.53 Å². The summed E-state index contributed by atoms with van der Waals surface area (Å²) in [5.41, 5.74) is 7.32. The second-order valence-electron chi connectivity index (χ2n) is 8.62. The minimum absolute atomic E-state index is 0.0795. The molecule has 1 N–H and O–H groups in total. The maximum absolute atomic E-state index is 12.8. The Morgan fingerprint density at radius 2 is 1.76 bits per heavy atom. The number of nitrogens with one attached hydrogen (secondary N) is 1. The van der Waals surface area contributed by atoms with Gasteiger partial charge in [0, 0.05) is 12.1 Å². The highest BCUT2D eigenvalue weighted by atomic mass is 16.5. The van der Waals surface area contributed by atoms with Crippen molar-refractivity contribution in [2.24, 2.45) is 0 Å². The third kappa shape index (κ3) is 5.25. The number of carbonyl (C=O) groups excluding carboxylic acids is 1. The molecular weight excluding hydrogens is 410 g/mol. The molecule has 0 fully saturated rings. The number of fused-ring (bicyclic) bond motifs is 1. The second kappa shape index (κ2) is 9.90. The van der Waals surface area contributed by atoms with Gasteiger partial charge in [0.05, 0.1) is 24.2 Å². The monoisotopic (exact) mass is 441 g/mol. The van der Waals surface area contributed by atoms with E-state index in [2.05, 4.69) is 41.9 Å². The van der Waals surface area contributed by atoms with Crippen molar-refractivity contribution in [3.8, 4) is 5.75 Å². The van der Waals surface area contributed by atoms with E-state index in [4.69, 9.17) is 9.72 Å². The first-order valence-electron chi connectivity index (χ1n) is 11.4. The SMILES string of the molecule is Cc1ccc(C(=O)NCc2nc3ccccc3n2CCCOc2ccc(C)c(C)c2)c(C)c1. The van der Waals surface area contributed by atoms with Gasteiger partial charge >= 0.3 is 0 Å². The van der Waals surface area contributed by atoms with Crippen molar-refractivity contribution >= 4 is 16.9 Å². The molecule has 0 bridgehead atoms. The second-order valence-corrected chi connectivity index (χ2v) is 8.62. The van der Waals surface area contributed by atoms with Crippen LogP contribution in [0.5, 0.6) is 5.75 Å². The standard InChI is InChI=1S/C28H31N3O2/c1-19-10-13-24(22(4)16-19)28(32)29-18-27-30-25-8-5-6-9-26(25)31(27)14-7-15-33-23-12-11-20(2)21(3)17-23/h5-6,8-13,16-17H,7,14-15,18H2,1-4H3,(H,29,32). The van der Waals surface area contributed by atoms with Crippen molar-refractivity contribution in [3.05, 3.63) is 94.3 Å². The maximum atomic E-state index is 12.8. The van der Waals surface area contributed by atoms with Crippen LogP contribution in [0.2, 0.25) is 0 Å². The Kier molecular flexibility index (Phi) is 6.78. The molecule has 0 radical (unpaired) electrons. The fraction of sp³-hybridized carbons (Fsp3) is 0.286. The van der Waals surface area contributed by atoms with Crippen molar-refractivity contribution in [2.45, 2.75) is 47.2 Å². The Hall–Kier alpha value is -3.60. The molecule has 4 aromatic rings. The zero-order chi connectivity index (χ0) is 23.4. The number of amides is 1. The summed E-state index contributed by atoms with van der Waals surface area (Å²) < 4.78 is 8.15. The lowest BCUT2D eigenvalue weighted by atomic mass is 10.1. The minimum Gasteiger partial charge on any atom is -0.494 e. The van der Waals surface area contributed by atoms with Crippen LogP contribution in [0.25, 0.3) is 11.0 Å². The summed E-state index contributed by atoms with van der Waals surface area (Å²) in [6.07, 6.45) is 0.839. The maximum Gasteiger partial charge on any atom is 0.251 e. The van der Waals surface area contributed by atoms with Gasteiger partial charge in [-0.3, -0.25) is 4.79 Å². The summed E-state index contributed by atoms with van der Waals surface area (Å²) in [6.45, 7) is 9.94. The van der Waals surface area contributed by atoms with Crippen LogP contribution in [0.3, 0.4) is 0 Å². The van der Waals surface area contributed by atoms with Crippen LogP contribution in [-0.2, 0) is 13.1 Å². The summed E-state index contributed by atoms with van der Waals surface area (Å²) in [4.78, 5) is 17.6. The number of benzene rings is 3. The van der Waals surface area contributed by atoms with Gasteiger partial charge in [-0.25, -0.2) is 4.98 Å². The van der Waals surface area contributed by atoms with E-state index < -0.39 is 0 Å². The Morgan fingerprint density at radius 1 is 0.939 bits per heavy atom. The first-order chi connectivity index (χ1) is 15.9. The lowest BCUT2D eigenvalue weighted by molar-refractivity contribution is 0.0949. The third-order valence-electron chi connectivity index (χ3n) is 6.04. The number of ether oxygens (including phenoxy) is 1. The fourth-order valence-corrected chi connectivity index (χ4v) is 4.05. The highest BCUT2D eigenvalue weighted by Crippen LogP contribution is 2.19. The van der Waals surface area contributed by atoms with Gasteiger partial charge in [0.15, 0.2) is 0 Å². The fourth-order valence-electron chi connectivity index (χ4n) is 4.05. The summed E-state index contributed by atoms with van der Waals surface area (Å²) in [5.74, 6) is 1.67. The zero-order valence-corrected chi connectivity index (χ0v) is 19.8. The predicted octanol–water partition coefficient (Wildman–Crippen LogP) is 5.67. The van der Waals surface area contributed by atoms with Gasteiger partial charge in [-0.05, 0) is 81.1 Å². The molecule has 5 heteroatoms. The molecule has 1 heterocycles. The molecule has 0 atom stereocenters. The minimum atomic E-state index is -0.0795. The van der Waals surface area contributed by atoms with Crippen molar-refractivity contribution in [1.82, 2.24) is 14.9 Å². The van der Waals surface area contributed by atoms with Crippen LogP contribution >= 0.6 is 0 Å². The smallest absolute Gasteiger partial charge is 0.251 e. The van der Waals surface area contributed by atoms with Gasteiger partial charge < -0.3 is 14.6 Å². The van der Waals surface area contributed by atoms with Crippen molar-refractivity contribution in [1.29, 1.82) is 0 Å². The Morgan fingerprint density at radius 3 is 2.55 bits per heavy atom. The quantitative estimate of drug-likeness (QED) is 0.359. The van der Waals surface area contributed by atoms with E-state index in [-0.39, 0.29) is 5.91 Å². The molecule has 0 saturated carbocycles. The van der Waals surface area contributed by atoms with Gasteiger partial charge in [0.25, 0.3) is 5.91 Å². The molecule has 4 rings (SSSR count). The average Bonchev–Trinajstić information content (AvgIpc) is 3.15. The van der Waals surface area contributed by atoms with Gasteiger partial charge in [0.2, 0.25) is 0 Å². The van der Waals surface area contributed by atoms with E-state index in [9.17, 15) is 4.79 Å². The van der Waals surface area contributed by atoms with E-state index in [1.807, 2.05) is 56.3 Å². The van der Waals surface area contributed by atoms with Gasteiger partial charge in [-0.1, -0.05) is 35.9 Å². The van der Waals surface area contributed by atoms with Crippen molar-refractivity contribution in [3.63, 3.8) is 0 Å². The lowest BCUT2D eigenvalue weighted by Crippen LogP contribution is -2.25. The number of nitrogens with zero attached hydrogens (tertiary/aromatic N) is 2. The molecular formula is C28H31N3O2. The summed E-state index contributed by atoms with van der Waals surface area (Å²) in [6, 6.07) is 20.1. The summed E-state index contributed by atoms with van der Waals surface area (Å²) in [5, 5.41) is 3.05. The Bertz CT molecular complexity index is 1290. The van der Waals surface area contributed by atoms with Crippen LogP contribution in [0.4, 0.5) is 0 Å². The zero-order valence-electron chi connectivity index (χ0n) is 19.8. The van der Waals surface area contributed by atoms with E-state index in [0.717, 1.165) is 46.7 Å². The number of aryl methyl sites for hydroxylation is 5. The van der Waals surface area contributed by atoms with E-state index in [1.54, 1.807) is 0 Å². The van der Waals surface area contributed by atoms with Crippen molar-refractivity contribution in [2.75, 3.05) is 6.61 Å². The van der Waals surface area contributed by atoms with Gasteiger partial charge in [-0.2, -0.15) is 0 Å². The number of imidazole rings is 1. The number of hydrogen-bond acceptors (Lipinski definition) is 3. The molecule has 0 aliphatic heterocycles. The van der Waals surface area contributed by atoms with Gasteiger partial charge in [-0.15, -0.1) is 0 Å². The predicted molar refractivity (Wildman–Crippen MR) is 133 cm³/mol. The first-order valence-corrected chi connectivity index (χ1v) is 11.4. The number of carbonyl (C=O) groups is 1. The molecule has 1 amide bonds. The molecule has 5 nitrogen and oxygen atoms in total. The molecule has 0 aliphatic carbocycles. The Labute approximate surface area is 195 Å². The normalized spacial score (nSPS) is 11.0. The van der Waals surface area contributed by atoms with E-state index in [1.165, 1.54) is 11.1 Å².